The van der Waals surface area contributed by atoms with Gasteiger partial charge in [0.2, 0.25) is 0 Å². The summed E-state index contributed by atoms with van der Waals surface area (Å²) >= 11 is 0. The van der Waals surface area contributed by atoms with E-state index in [9.17, 15) is 4.79 Å². The minimum Gasteiger partial charge on any atom is -0.303 e. The van der Waals surface area contributed by atoms with Gasteiger partial charge in [-0.25, -0.2) is 0 Å². The normalized spacial score (nSPS) is 16.6. The highest BCUT2D eigenvalue weighted by molar-refractivity contribution is 5.48. The summed E-state index contributed by atoms with van der Waals surface area (Å²) < 4.78 is 36.5. The fourth-order valence-electron chi connectivity index (χ4n) is 2.03. The zero-order chi connectivity index (χ0) is 16.9. The molecule has 0 aromatic heterocycles. The Bertz CT molecular complexity index is 276. The molecule has 0 rings (SSSR count). The molecule has 0 unspecified atom stereocenters. The van der Waals surface area contributed by atoms with Crippen LogP contribution in [-0.2, 0) is 4.79 Å². The van der Waals surface area contributed by atoms with Crippen LogP contribution in [0.1, 0.15) is 104 Å². The van der Waals surface area contributed by atoms with E-state index in [4.69, 9.17) is 6.85 Å². The number of carbonyl (C=O) groups excluding carboxylic acids is 1. The predicted molar refractivity (Wildman–Crippen MR) is 76.4 cm³/mol. The molecule has 1 nitrogen and oxygen atoms in total. The maximum atomic E-state index is 10.1. The van der Waals surface area contributed by atoms with Crippen LogP contribution in [0.3, 0.4) is 0 Å². The van der Waals surface area contributed by atoms with Gasteiger partial charge in [-0.05, 0) is 6.42 Å². The third-order valence-electron chi connectivity index (χ3n) is 3.12. The van der Waals surface area contributed by atoms with E-state index >= 15 is 0 Å². The van der Waals surface area contributed by atoms with Crippen LogP contribution in [0.15, 0.2) is 0 Å². The first-order chi connectivity index (χ1) is 10.3. The Balaban J connectivity index is 3.29. The molecule has 102 valence electrons. The van der Waals surface area contributed by atoms with Crippen LogP contribution >= 0.6 is 0 Å². The molecule has 0 fully saturated rings. The molecule has 0 spiro atoms. The Hall–Kier alpha value is -0.330. The molecule has 0 aromatic rings. The van der Waals surface area contributed by atoms with Gasteiger partial charge in [-0.15, -0.1) is 0 Å². The van der Waals surface area contributed by atoms with Crippen LogP contribution in [0.2, 0.25) is 0 Å². The van der Waals surface area contributed by atoms with Gasteiger partial charge < -0.3 is 4.79 Å². The fraction of sp³-hybridized carbons (Fsp3) is 0.938. The minimum absolute atomic E-state index is 0.129. The molecule has 0 saturated carbocycles. The van der Waals surface area contributed by atoms with E-state index in [1.165, 1.54) is 32.1 Å². The third-order valence-corrected chi connectivity index (χ3v) is 3.12. The van der Waals surface area contributed by atoms with E-state index in [1.807, 2.05) is 0 Å². The lowest BCUT2D eigenvalue weighted by molar-refractivity contribution is -0.107. The number of aldehydes is 1. The lowest BCUT2D eigenvalue weighted by Crippen LogP contribution is -1.83. The Morgan fingerprint density at radius 3 is 1.59 bits per heavy atom. The van der Waals surface area contributed by atoms with Crippen molar-refractivity contribution in [1.29, 1.82) is 0 Å². The zero-order valence-electron chi connectivity index (χ0n) is 16.2. The summed E-state index contributed by atoms with van der Waals surface area (Å²) in [6.07, 6.45) is 11.9. The van der Waals surface area contributed by atoms with E-state index in [1.54, 1.807) is 0 Å². The van der Waals surface area contributed by atoms with Crippen molar-refractivity contribution < 1.29 is 11.6 Å². The minimum atomic E-state index is -2.50. The molecule has 1 heteroatoms. The largest absolute Gasteiger partial charge is 0.303 e. The van der Waals surface area contributed by atoms with Gasteiger partial charge in [-0.2, -0.15) is 0 Å². The van der Waals surface area contributed by atoms with Crippen LogP contribution < -0.4 is 0 Å². The summed E-state index contributed by atoms with van der Waals surface area (Å²) in [6, 6.07) is 0. The summed E-state index contributed by atoms with van der Waals surface area (Å²) in [5.41, 5.74) is 0. The third kappa shape index (κ3) is 15.7. The maximum absolute atomic E-state index is 10.1. The first kappa shape index (κ1) is 9.58. The molecule has 0 atom stereocenters. The van der Waals surface area contributed by atoms with Crippen LogP contribution in [0.5, 0.6) is 0 Å². The molecule has 0 aliphatic heterocycles. The van der Waals surface area contributed by atoms with Crippen LogP contribution in [-0.4, -0.2) is 6.29 Å². The van der Waals surface area contributed by atoms with Gasteiger partial charge in [0.25, 0.3) is 0 Å². The molecule has 0 amide bonds. The second-order valence-electron chi connectivity index (χ2n) is 4.77. The summed E-state index contributed by atoms with van der Waals surface area (Å²) in [7, 11) is 0. The van der Waals surface area contributed by atoms with Crippen molar-refractivity contribution in [2.24, 2.45) is 0 Å². The van der Waals surface area contributed by atoms with Gasteiger partial charge in [0.15, 0.2) is 0 Å². The van der Waals surface area contributed by atoms with Crippen molar-refractivity contribution in [2.45, 2.75) is 96.7 Å². The summed E-state index contributed by atoms with van der Waals surface area (Å²) in [5.74, 6) is 0. The highest BCUT2D eigenvalue weighted by Crippen LogP contribution is 2.12. The molecule has 0 N–H and O–H groups in total. The number of hydrogen-bond donors (Lipinski definition) is 0. The van der Waals surface area contributed by atoms with Crippen molar-refractivity contribution in [3.8, 4) is 0 Å². The van der Waals surface area contributed by atoms with Crippen LogP contribution in [0.4, 0.5) is 0 Å². The van der Waals surface area contributed by atoms with Gasteiger partial charge in [0.1, 0.15) is 6.29 Å². The zero-order valence-corrected chi connectivity index (χ0v) is 11.2. The molecular formula is C16H32O. The smallest absolute Gasteiger partial charge is 0.119 e. The molecule has 17 heavy (non-hydrogen) atoms. The van der Waals surface area contributed by atoms with Crippen LogP contribution in [0, 0.1) is 0 Å². The average Bonchev–Trinajstić information content (AvgIpc) is 2.42. The average molecular weight is 245 g/mol. The van der Waals surface area contributed by atoms with Crippen molar-refractivity contribution in [3.63, 3.8) is 0 Å². The Morgan fingerprint density at radius 1 is 0.765 bits per heavy atom. The van der Waals surface area contributed by atoms with Gasteiger partial charge in [0.05, 0.1) is 0 Å². The molecule has 0 aliphatic rings. The van der Waals surface area contributed by atoms with Gasteiger partial charge >= 0.3 is 0 Å². The van der Waals surface area contributed by atoms with Crippen molar-refractivity contribution in [1.82, 2.24) is 0 Å². The Morgan fingerprint density at radius 2 is 1.18 bits per heavy atom. The van der Waals surface area contributed by atoms with Crippen molar-refractivity contribution >= 4 is 6.29 Å². The lowest BCUT2D eigenvalue weighted by Gasteiger charge is -2.02. The number of unbranched alkanes of at least 4 members (excludes halogenated alkanes) is 11. The van der Waals surface area contributed by atoms with Crippen molar-refractivity contribution in [2.75, 3.05) is 0 Å². The number of rotatable bonds is 14. The highest BCUT2D eigenvalue weighted by Gasteiger charge is 1.93. The van der Waals surface area contributed by atoms with Crippen molar-refractivity contribution in [3.05, 3.63) is 0 Å². The van der Waals surface area contributed by atoms with Crippen LogP contribution in [0.25, 0.3) is 0 Å². The molecule has 0 heterocycles. The first-order valence-corrected chi connectivity index (χ1v) is 7.25. The van der Waals surface area contributed by atoms with E-state index in [2.05, 4.69) is 0 Å². The first-order valence-electron chi connectivity index (χ1n) is 9.75. The van der Waals surface area contributed by atoms with E-state index < -0.39 is 13.2 Å². The summed E-state index contributed by atoms with van der Waals surface area (Å²) in [6.45, 7) is -2.50. The van der Waals surface area contributed by atoms with E-state index in [-0.39, 0.29) is 6.42 Å². The highest BCUT2D eigenvalue weighted by atomic mass is 16.1. The Kier molecular flexibility index (Phi) is 8.83. The van der Waals surface area contributed by atoms with Gasteiger partial charge in [0, 0.05) is 13.3 Å². The summed E-state index contributed by atoms with van der Waals surface area (Å²) in [4.78, 5) is 10.1. The van der Waals surface area contributed by atoms with E-state index in [0.717, 1.165) is 38.4 Å². The number of hydrogen-bond acceptors (Lipinski definition) is 1. The van der Waals surface area contributed by atoms with E-state index in [0.29, 0.717) is 12.8 Å². The predicted octanol–water partition coefficient (Wildman–Crippen LogP) is 5.67. The fourth-order valence-corrected chi connectivity index (χ4v) is 2.03. The molecule has 0 bridgehead atoms. The number of carbonyl (C=O) groups is 1. The quantitative estimate of drug-likeness (QED) is 0.285. The second kappa shape index (κ2) is 15.7. The maximum Gasteiger partial charge on any atom is 0.119 e. The standard InChI is InChI=1S/C16H32O/c1-2-3-4-5-6-7-8-9-10-11-12-13-14-15-16-17/h16H,2-15H2,1H3/i1D3,2D2. The second-order valence-corrected chi connectivity index (χ2v) is 4.77. The molecule has 0 aromatic carbocycles. The molecule has 0 saturated heterocycles. The molecule has 0 aliphatic carbocycles. The SMILES string of the molecule is [2H]C([2H])([2H])C([2H])([2H])CCCCCCCCCCCCCC=O. The topological polar surface area (TPSA) is 17.1 Å². The molecular weight excluding hydrogens is 208 g/mol. The Labute approximate surface area is 115 Å². The van der Waals surface area contributed by atoms with Gasteiger partial charge in [-0.3, -0.25) is 0 Å². The monoisotopic (exact) mass is 245 g/mol. The van der Waals surface area contributed by atoms with Gasteiger partial charge in [-0.1, -0.05) is 83.9 Å². The summed E-state index contributed by atoms with van der Waals surface area (Å²) in [5, 5.41) is 0. The lowest BCUT2D eigenvalue weighted by atomic mass is 10.0. The molecule has 0 radical (unpaired) electrons.